The predicted octanol–water partition coefficient (Wildman–Crippen LogP) is 5.77. The Balaban J connectivity index is 0.000000211. The number of hydrogen-bond acceptors (Lipinski definition) is 4. The fourth-order valence-electron chi connectivity index (χ4n) is 2.67. The average Bonchev–Trinajstić information content (AvgIpc) is 3.14. The van der Waals surface area contributed by atoms with Gasteiger partial charge in [0.25, 0.3) is 0 Å². The van der Waals surface area contributed by atoms with Gasteiger partial charge in [-0.25, -0.2) is 9.78 Å². The van der Waals surface area contributed by atoms with Crippen LogP contribution in [0.2, 0.25) is 5.02 Å². The maximum atomic E-state index is 11.4. The number of pyridine rings is 1. The summed E-state index contributed by atoms with van der Waals surface area (Å²) in [6, 6.07) is 20.5. The van der Waals surface area contributed by atoms with Crippen LogP contribution in [0.3, 0.4) is 0 Å². The number of hydrogen-bond donors (Lipinski definition) is 2. The van der Waals surface area contributed by atoms with Gasteiger partial charge in [-0.2, -0.15) is 0 Å². The summed E-state index contributed by atoms with van der Waals surface area (Å²) in [6.45, 7) is 2.60. The molecule has 4 aromatic rings. The van der Waals surface area contributed by atoms with E-state index in [0.717, 1.165) is 15.5 Å². The highest BCUT2D eigenvalue weighted by atomic mass is 35.5. The second-order valence-corrected chi connectivity index (χ2v) is 7.84. The zero-order chi connectivity index (χ0) is 20.1. The van der Waals surface area contributed by atoms with Crippen LogP contribution in [0.5, 0.6) is 0 Å². The molecule has 0 saturated carbocycles. The van der Waals surface area contributed by atoms with Gasteiger partial charge in [0.15, 0.2) is 0 Å². The molecule has 0 radical (unpaired) electrons. The summed E-state index contributed by atoms with van der Waals surface area (Å²) in [7, 11) is 0. The molecule has 0 fully saturated rings. The van der Waals surface area contributed by atoms with Crippen LogP contribution in [0.25, 0.3) is 21.5 Å². The molecule has 0 unspecified atom stereocenters. The number of benzene rings is 2. The second-order valence-electron chi connectivity index (χ2n) is 6.12. The van der Waals surface area contributed by atoms with E-state index >= 15 is 0 Å². The number of aromatic nitrogens is 1. The minimum atomic E-state index is -0.923. The highest BCUT2D eigenvalue weighted by molar-refractivity contribution is 7.15. The van der Waals surface area contributed by atoms with Gasteiger partial charge in [0.05, 0.1) is 21.7 Å². The lowest BCUT2D eigenvalue weighted by molar-refractivity contribution is 0.0699. The van der Waals surface area contributed by atoms with E-state index in [-0.39, 0.29) is 0 Å². The van der Waals surface area contributed by atoms with E-state index in [1.54, 1.807) is 23.5 Å². The average molecular weight is 411 g/mol. The molecule has 0 aliphatic carbocycles. The molecule has 4 rings (SSSR count). The van der Waals surface area contributed by atoms with Gasteiger partial charge in [-0.1, -0.05) is 41.9 Å². The van der Waals surface area contributed by atoms with Crippen molar-refractivity contribution < 1.29 is 9.90 Å². The minimum absolute atomic E-state index is 0.298. The number of nitrogens with zero attached hydrogens (tertiary/aromatic N) is 1. The standard InChI is InChI=1S/C15H11NO2S.C7H8ClN/c1-9-6-7-14(19-9)13-8-11(15(17)18)10-4-2-3-5-12(10)16-13;8-7-3-1-6(5-9)2-4-7/h2-8H,1H3,(H,17,18);1-4H,5,9H2. The maximum absolute atomic E-state index is 11.4. The summed E-state index contributed by atoms with van der Waals surface area (Å²) >= 11 is 7.24. The third kappa shape index (κ3) is 4.75. The van der Waals surface area contributed by atoms with Crippen LogP contribution in [0.1, 0.15) is 20.8 Å². The Kier molecular flexibility index (Phi) is 6.41. The first kappa shape index (κ1) is 20.0. The number of thiophene rings is 1. The molecule has 142 valence electrons. The highest BCUT2D eigenvalue weighted by Gasteiger charge is 2.13. The van der Waals surface area contributed by atoms with Crippen molar-refractivity contribution in [2.45, 2.75) is 13.5 Å². The third-order valence-corrected chi connectivity index (χ3v) is 5.36. The predicted molar refractivity (Wildman–Crippen MR) is 116 cm³/mol. The number of aryl methyl sites for hydroxylation is 1. The van der Waals surface area contributed by atoms with Crippen molar-refractivity contribution in [3.8, 4) is 10.6 Å². The Bertz CT molecular complexity index is 1110. The number of para-hydroxylation sites is 1. The zero-order valence-electron chi connectivity index (χ0n) is 15.2. The van der Waals surface area contributed by atoms with E-state index in [1.165, 1.54) is 4.88 Å². The SMILES string of the molecule is Cc1ccc(-c2cc(C(=O)O)c3ccccc3n2)s1.NCc1ccc(Cl)cc1. The van der Waals surface area contributed by atoms with E-state index in [1.807, 2.05) is 61.5 Å². The fourth-order valence-corrected chi connectivity index (χ4v) is 3.63. The van der Waals surface area contributed by atoms with Crippen LogP contribution in [0.15, 0.2) is 66.7 Å². The van der Waals surface area contributed by atoms with Crippen molar-refractivity contribution >= 4 is 39.8 Å². The molecule has 3 N–H and O–H groups in total. The van der Waals surface area contributed by atoms with Crippen LogP contribution < -0.4 is 5.73 Å². The van der Waals surface area contributed by atoms with E-state index in [4.69, 9.17) is 17.3 Å². The van der Waals surface area contributed by atoms with E-state index < -0.39 is 5.97 Å². The smallest absolute Gasteiger partial charge is 0.336 e. The van der Waals surface area contributed by atoms with Crippen LogP contribution in [0, 0.1) is 6.92 Å². The number of carboxylic acid groups (broad SMARTS) is 1. The lowest BCUT2D eigenvalue weighted by Gasteiger charge is -2.05. The van der Waals surface area contributed by atoms with E-state index in [0.29, 0.717) is 28.7 Å². The summed E-state index contributed by atoms with van der Waals surface area (Å²) in [5, 5.41) is 10.8. The lowest BCUT2D eigenvalue weighted by atomic mass is 10.1. The van der Waals surface area contributed by atoms with Gasteiger partial charge in [-0.05, 0) is 48.9 Å². The highest BCUT2D eigenvalue weighted by Crippen LogP contribution is 2.29. The Morgan fingerprint density at radius 2 is 1.82 bits per heavy atom. The molecule has 0 bridgehead atoms. The molecule has 0 amide bonds. The van der Waals surface area contributed by atoms with Crippen LogP contribution >= 0.6 is 22.9 Å². The zero-order valence-corrected chi connectivity index (χ0v) is 16.8. The van der Waals surface area contributed by atoms with Crippen molar-refractivity contribution in [3.05, 3.63) is 87.8 Å². The molecule has 2 aromatic carbocycles. The number of aromatic carboxylic acids is 1. The van der Waals surface area contributed by atoms with Gasteiger partial charge in [0.2, 0.25) is 0 Å². The minimum Gasteiger partial charge on any atom is -0.478 e. The molecule has 4 nitrogen and oxygen atoms in total. The van der Waals surface area contributed by atoms with Crippen LogP contribution in [-0.4, -0.2) is 16.1 Å². The van der Waals surface area contributed by atoms with E-state index in [9.17, 15) is 9.90 Å². The number of carboxylic acids is 1. The third-order valence-electron chi connectivity index (χ3n) is 4.09. The van der Waals surface area contributed by atoms with Crippen molar-refractivity contribution in [1.29, 1.82) is 0 Å². The van der Waals surface area contributed by atoms with Gasteiger partial charge >= 0.3 is 5.97 Å². The number of rotatable bonds is 3. The summed E-state index contributed by atoms with van der Waals surface area (Å²) in [5.41, 5.74) is 8.19. The van der Waals surface area contributed by atoms with Crippen LogP contribution in [0.4, 0.5) is 0 Å². The lowest BCUT2D eigenvalue weighted by Crippen LogP contribution is -1.99. The van der Waals surface area contributed by atoms with Gasteiger partial charge in [0, 0.05) is 21.8 Å². The molecular weight excluding hydrogens is 392 g/mol. The summed E-state index contributed by atoms with van der Waals surface area (Å²) < 4.78 is 0. The number of halogens is 1. The van der Waals surface area contributed by atoms with E-state index in [2.05, 4.69) is 4.98 Å². The summed E-state index contributed by atoms with van der Waals surface area (Å²) in [4.78, 5) is 18.1. The first-order valence-electron chi connectivity index (χ1n) is 8.62. The normalized spacial score (nSPS) is 10.4. The van der Waals surface area contributed by atoms with Crippen LogP contribution in [-0.2, 0) is 6.54 Å². The first-order chi connectivity index (χ1) is 13.5. The largest absolute Gasteiger partial charge is 0.478 e. The van der Waals surface area contributed by atoms with Crippen molar-refractivity contribution in [3.63, 3.8) is 0 Å². The molecule has 6 heteroatoms. The molecule has 28 heavy (non-hydrogen) atoms. The van der Waals surface area contributed by atoms with Crippen molar-refractivity contribution in [1.82, 2.24) is 4.98 Å². The molecule has 0 aliphatic heterocycles. The molecule has 0 saturated heterocycles. The number of nitrogens with two attached hydrogens (primary N) is 1. The Morgan fingerprint density at radius 3 is 2.43 bits per heavy atom. The fraction of sp³-hybridized carbons (Fsp3) is 0.0909. The van der Waals surface area contributed by atoms with Gasteiger partial charge in [-0.3, -0.25) is 0 Å². The number of carbonyl (C=O) groups is 1. The number of fused-ring (bicyclic) bond motifs is 1. The Labute approximate surface area is 172 Å². The summed E-state index contributed by atoms with van der Waals surface area (Å²) in [6.07, 6.45) is 0. The van der Waals surface area contributed by atoms with Gasteiger partial charge in [0.1, 0.15) is 0 Å². The first-order valence-corrected chi connectivity index (χ1v) is 9.82. The molecule has 0 atom stereocenters. The maximum Gasteiger partial charge on any atom is 0.336 e. The Morgan fingerprint density at radius 1 is 1.11 bits per heavy atom. The quantitative estimate of drug-likeness (QED) is 0.449. The molecule has 2 aromatic heterocycles. The van der Waals surface area contributed by atoms with Crippen molar-refractivity contribution in [2.24, 2.45) is 5.73 Å². The van der Waals surface area contributed by atoms with Crippen molar-refractivity contribution in [2.75, 3.05) is 0 Å². The second kappa shape index (κ2) is 8.97. The topological polar surface area (TPSA) is 76.2 Å². The van der Waals surface area contributed by atoms with Gasteiger partial charge in [-0.15, -0.1) is 11.3 Å². The molecule has 0 spiro atoms. The molecule has 2 heterocycles. The Hall–Kier alpha value is -2.73. The molecular formula is C22H19ClN2O2S. The summed E-state index contributed by atoms with van der Waals surface area (Å²) in [5.74, 6) is -0.923. The van der Waals surface area contributed by atoms with Gasteiger partial charge < -0.3 is 10.8 Å². The monoisotopic (exact) mass is 410 g/mol. The molecule has 0 aliphatic rings.